The summed E-state index contributed by atoms with van der Waals surface area (Å²) in [6, 6.07) is 8.17. The van der Waals surface area contributed by atoms with Crippen LogP contribution in [0.15, 0.2) is 30.3 Å². The topological polar surface area (TPSA) is 83.8 Å². The van der Waals surface area contributed by atoms with Gasteiger partial charge < -0.3 is 20.1 Å². The van der Waals surface area contributed by atoms with Crippen molar-refractivity contribution in [1.29, 1.82) is 0 Å². The molecule has 1 aliphatic heterocycles. The first kappa shape index (κ1) is 20.5. The number of ether oxygens (including phenoxy) is 2. The van der Waals surface area contributed by atoms with Crippen LogP contribution in [-0.4, -0.2) is 34.0 Å². The van der Waals surface area contributed by atoms with Gasteiger partial charge in [0.05, 0.1) is 31.1 Å². The first-order valence-electron chi connectivity index (χ1n) is 9.00. The molecule has 2 aromatic carbocycles. The van der Waals surface area contributed by atoms with E-state index in [4.69, 9.17) is 26.9 Å². The Bertz CT molecular complexity index is 823. The van der Waals surface area contributed by atoms with Crippen molar-refractivity contribution in [2.45, 2.75) is 12.6 Å². The fourth-order valence-electron chi connectivity index (χ4n) is 3.05. The van der Waals surface area contributed by atoms with Crippen LogP contribution in [0.25, 0.3) is 0 Å². The van der Waals surface area contributed by atoms with Crippen LogP contribution in [0, 0.1) is 5.82 Å². The molecule has 3 rings (SSSR count). The molecule has 0 radical (unpaired) electrons. The second kappa shape index (κ2) is 9.29. The summed E-state index contributed by atoms with van der Waals surface area (Å²) in [5, 5.41) is 11.2. The molecule has 0 aromatic heterocycles. The van der Waals surface area contributed by atoms with Crippen molar-refractivity contribution >= 4 is 23.0 Å². The monoisotopic (exact) mass is 409 g/mol. The lowest BCUT2D eigenvalue weighted by Gasteiger charge is -2.36. The minimum absolute atomic E-state index is 0.0185. The summed E-state index contributed by atoms with van der Waals surface area (Å²) in [5.41, 5.74) is 2.36. The van der Waals surface area contributed by atoms with Crippen LogP contribution in [0.5, 0.6) is 11.5 Å². The number of hydrogen-bond donors (Lipinski definition) is 4. The third-order valence-corrected chi connectivity index (χ3v) is 4.80. The van der Waals surface area contributed by atoms with Gasteiger partial charge in [-0.1, -0.05) is 11.6 Å². The zero-order valence-corrected chi connectivity index (χ0v) is 16.6. The molecule has 0 saturated carbocycles. The maximum Gasteiger partial charge on any atom is 0.163 e. The molecular formula is C19H25ClFN5O2. The third kappa shape index (κ3) is 4.41. The molecule has 0 bridgehead atoms. The number of benzene rings is 2. The highest BCUT2D eigenvalue weighted by Crippen LogP contribution is 2.39. The molecular weight excluding hydrogens is 385 g/mol. The van der Waals surface area contributed by atoms with Crippen LogP contribution in [0.4, 0.5) is 15.8 Å². The van der Waals surface area contributed by atoms with E-state index in [0.29, 0.717) is 30.5 Å². The number of nitrogens with two attached hydrogens (primary N) is 1. The van der Waals surface area contributed by atoms with Crippen molar-refractivity contribution in [3.63, 3.8) is 0 Å². The van der Waals surface area contributed by atoms with Crippen molar-refractivity contribution in [2.24, 2.45) is 5.84 Å². The Hall–Kier alpha value is -2.26. The highest BCUT2D eigenvalue weighted by Gasteiger charge is 2.27. The number of hydrogen-bond acceptors (Lipinski definition) is 7. The van der Waals surface area contributed by atoms with Gasteiger partial charge in [-0.05, 0) is 44.3 Å². The highest BCUT2D eigenvalue weighted by molar-refractivity contribution is 6.31. The molecule has 1 aliphatic rings. The van der Waals surface area contributed by atoms with E-state index in [-0.39, 0.29) is 11.2 Å². The molecule has 152 valence electrons. The Labute approximate surface area is 168 Å². The second-order valence-electron chi connectivity index (χ2n) is 6.36. The zero-order chi connectivity index (χ0) is 20.1. The predicted molar refractivity (Wildman–Crippen MR) is 109 cm³/mol. The number of rotatable bonds is 8. The summed E-state index contributed by atoms with van der Waals surface area (Å²) in [5.74, 6) is 7.12. The van der Waals surface area contributed by atoms with Gasteiger partial charge in [0.15, 0.2) is 11.5 Å². The van der Waals surface area contributed by atoms with Crippen LogP contribution in [0.1, 0.15) is 18.2 Å². The number of methoxy groups -OCH3 is 1. The fourth-order valence-corrected chi connectivity index (χ4v) is 3.23. The number of fused-ring (bicyclic) bond motifs is 1. The lowest BCUT2D eigenvalue weighted by atomic mass is 10.1. The summed E-state index contributed by atoms with van der Waals surface area (Å²) in [6.45, 7) is 1.96. The second-order valence-corrected chi connectivity index (χ2v) is 6.77. The highest BCUT2D eigenvalue weighted by atomic mass is 35.5. The molecule has 28 heavy (non-hydrogen) atoms. The quantitative estimate of drug-likeness (QED) is 0.303. The van der Waals surface area contributed by atoms with Gasteiger partial charge in [0.1, 0.15) is 12.0 Å². The van der Waals surface area contributed by atoms with Crippen LogP contribution >= 0.6 is 11.6 Å². The van der Waals surface area contributed by atoms with Gasteiger partial charge >= 0.3 is 0 Å². The average molecular weight is 410 g/mol. The number of nitrogens with zero attached hydrogens (tertiary/aromatic N) is 1. The van der Waals surface area contributed by atoms with E-state index in [0.717, 1.165) is 24.2 Å². The lowest BCUT2D eigenvalue weighted by molar-refractivity contribution is 0.288. The van der Waals surface area contributed by atoms with Gasteiger partial charge in [-0.2, -0.15) is 0 Å². The Morgan fingerprint density at radius 2 is 2.14 bits per heavy atom. The van der Waals surface area contributed by atoms with Crippen molar-refractivity contribution in [2.75, 3.05) is 44.3 Å². The van der Waals surface area contributed by atoms with E-state index in [2.05, 4.69) is 16.0 Å². The van der Waals surface area contributed by atoms with E-state index in [1.807, 2.05) is 19.2 Å². The maximum absolute atomic E-state index is 13.5. The van der Waals surface area contributed by atoms with Gasteiger partial charge in [0.25, 0.3) is 0 Å². The van der Waals surface area contributed by atoms with E-state index in [1.165, 1.54) is 17.1 Å². The summed E-state index contributed by atoms with van der Waals surface area (Å²) >= 11 is 5.91. The lowest BCUT2D eigenvalue weighted by Crippen LogP contribution is -2.47. The van der Waals surface area contributed by atoms with Crippen molar-refractivity contribution in [1.82, 2.24) is 10.6 Å². The SMILES string of the molecule is CNCCCOc1cc2c(cc1OC)[C@H](N(N)c1ccc(F)c(Cl)c1)NCN2. The standard InChI is InChI=1S/C19H25ClFN5O2/c1-23-6-3-7-28-18-10-16-13(9-17(18)27-2)19(25-11-24-16)26(22)12-4-5-15(21)14(20)8-12/h4-5,8-10,19,23-25H,3,6-7,11,22H2,1-2H3/t19-/m0/s1. The van der Waals surface area contributed by atoms with Crippen LogP contribution in [-0.2, 0) is 0 Å². The molecule has 2 aromatic rings. The Kier molecular flexibility index (Phi) is 6.79. The molecule has 5 N–H and O–H groups in total. The first-order valence-corrected chi connectivity index (χ1v) is 9.38. The van der Waals surface area contributed by atoms with Crippen LogP contribution in [0.3, 0.4) is 0 Å². The summed E-state index contributed by atoms with van der Waals surface area (Å²) < 4.78 is 24.9. The van der Waals surface area contributed by atoms with E-state index in [9.17, 15) is 4.39 Å². The molecule has 0 fully saturated rings. The molecule has 0 aliphatic carbocycles. The van der Waals surface area contributed by atoms with E-state index in [1.54, 1.807) is 13.2 Å². The van der Waals surface area contributed by atoms with Gasteiger partial charge in [-0.15, -0.1) is 0 Å². The molecule has 9 heteroatoms. The Morgan fingerprint density at radius 3 is 2.86 bits per heavy atom. The largest absolute Gasteiger partial charge is 0.493 e. The van der Waals surface area contributed by atoms with Crippen LogP contribution in [0.2, 0.25) is 5.02 Å². The molecule has 7 nitrogen and oxygen atoms in total. The molecule has 0 spiro atoms. The molecule has 1 heterocycles. The molecule has 0 unspecified atom stereocenters. The smallest absolute Gasteiger partial charge is 0.163 e. The Balaban J connectivity index is 1.87. The van der Waals surface area contributed by atoms with Crippen molar-refractivity contribution in [3.05, 3.63) is 46.7 Å². The minimum atomic E-state index is -0.487. The third-order valence-electron chi connectivity index (χ3n) is 4.51. The molecule has 0 amide bonds. The fraction of sp³-hybridized carbons (Fsp3) is 0.368. The molecule has 0 saturated heterocycles. The first-order chi connectivity index (χ1) is 13.5. The summed E-state index contributed by atoms with van der Waals surface area (Å²) in [4.78, 5) is 0. The normalized spacial score (nSPS) is 15.5. The number of nitrogens with one attached hydrogen (secondary N) is 3. The van der Waals surface area contributed by atoms with Gasteiger partial charge in [0, 0.05) is 17.3 Å². The van der Waals surface area contributed by atoms with Crippen molar-refractivity contribution < 1.29 is 13.9 Å². The Morgan fingerprint density at radius 1 is 1.32 bits per heavy atom. The van der Waals surface area contributed by atoms with Gasteiger partial charge in [0.2, 0.25) is 0 Å². The summed E-state index contributed by atoms with van der Waals surface area (Å²) in [6.07, 6.45) is 0.529. The maximum atomic E-state index is 13.5. The zero-order valence-electron chi connectivity index (χ0n) is 15.9. The minimum Gasteiger partial charge on any atom is -0.493 e. The van der Waals surface area contributed by atoms with Crippen LogP contribution < -0.4 is 36.3 Å². The number of anilines is 2. The summed E-state index contributed by atoms with van der Waals surface area (Å²) in [7, 11) is 3.50. The number of halogens is 2. The average Bonchev–Trinajstić information content (AvgIpc) is 2.71. The van der Waals surface area contributed by atoms with Gasteiger partial charge in [-0.3, -0.25) is 10.3 Å². The molecule has 1 atom stereocenters. The number of hydrazine groups is 1. The van der Waals surface area contributed by atoms with E-state index < -0.39 is 5.82 Å². The van der Waals surface area contributed by atoms with E-state index >= 15 is 0 Å². The van der Waals surface area contributed by atoms with Crippen molar-refractivity contribution in [3.8, 4) is 11.5 Å². The van der Waals surface area contributed by atoms with Gasteiger partial charge in [-0.25, -0.2) is 10.2 Å². The predicted octanol–water partition coefficient (Wildman–Crippen LogP) is 2.83.